The number of nitrogens with two attached hydrogens (primary N) is 1. The lowest BCUT2D eigenvalue weighted by Gasteiger charge is -2.33. The van der Waals surface area contributed by atoms with Gasteiger partial charge in [0.2, 0.25) is 0 Å². The van der Waals surface area contributed by atoms with Crippen molar-refractivity contribution < 1.29 is 9.53 Å². The first kappa shape index (κ1) is 15.4. The first-order valence-corrected chi connectivity index (χ1v) is 7.75. The maximum atomic E-state index is 12.5. The summed E-state index contributed by atoms with van der Waals surface area (Å²) < 4.78 is 5.79. The van der Waals surface area contributed by atoms with Crippen molar-refractivity contribution in [2.75, 3.05) is 25.4 Å². The van der Waals surface area contributed by atoms with Gasteiger partial charge < -0.3 is 15.4 Å². The molecule has 0 spiro atoms. The monoisotopic (exact) mass is 312 g/mol. The minimum Gasteiger partial charge on any atom is -0.382 e. The number of hydrogen-bond donors (Lipinski definition) is 1. The van der Waals surface area contributed by atoms with E-state index in [1.165, 1.54) is 18.0 Å². The molecule has 2 heterocycles. The summed E-state index contributed by atoms with van der Waals surface area (Å²) in [5.41, 5.74) is 7.24. The van der Waals surface area contributed by atoms with Crippen LogP contribution in [0.25, 0.3) is 0 Å². The fraction of sp³-hybridized carbons (Fsp3) is 0.353. The van der Waals surface area contributed by atoms with E-state index < -0.39 is 0 Å². The van der Waals surface area contributed by atoms with Gasteiger partial charge in [0.15, 0.2) is 11.5 Å². The van der Waals surface area contributed by atoms with Gasteiger partial charge in [0.05, 0.1) is 12.7 Å². The average molecular weight is 312 g/mol. The number of ether oxygens (including phenoxy) is 1. The molecule has 0 saturated carbocycles. The second kappa shape index (κ2) is 7.19. The number of hydrogen-bond acceptors (Lipinski definition) is 5. The van der Waals surface area contributed by atoms with E-state index in [0.29, 0.717) is 19.7 Å². The van der Waals surface area contributed by atoms with Crippen LogP contribution in [0, 0.1) is 0 Å². The Morgan fingerprint density at radius 1 is 1.26 bits per heavy atom. The Balaban J connectivity index is 1.60. The molecule has 1 aromatic carbocycles. The third-order valence-electron chi connectivity index (χ3n) is 3.95. The fourth-order valence-corrected chi connectivity index (χ4v) is 2.71. The van der Waals surface area contributed by atoms with Crippen molar-refractivity contribution in [3.63, 3.8) is 0 Å². The zero-order chi connectivity index (χ0) is 16.1. The van der Waals surface area contributed by atoms with Crippen LogP contribution in [0.2, 0.25) is 0 Å². The summed E-state index contributed by atoms with van der Waals surface area (Å²) in [4.78, 5) is 22.3. The van der Waals surface area contributed by atoms with E-state index in [9.17, 15) is 4.79 Å². The predicted molar refractivity (Wildman–Crippen MR) is 86.9 cm³/mol. The summed E-state index contributed by atoms with van der Waals surface area (Å²) >= 11 is 0. The molecule has 0 unspecified atom stereocenters. The SMILES string of the molecule is Nc1nccnc1C(=O)N1CCO[C@@H](CCc2ccccc2)C1. The van der Waals surface area contributed by atoms with Crippen LogP contribution in [-0.4, -0.2) is 46.6 Å². The van der Waals surface area contributed by atoms with Gasteiger partial charge in [-0.1, -0.05) is 30.3 Å². The van der Waals surface area contributed by atoms with Crippen molar-refractivity contribution in [3.8, 4) is 0 Å². The van der Waals surface area contributed by atoms with Gasteiger partial charge in [0.1, 0.15) is 0 Å². The van der Waals surface area contributed by atoms with Gasteiger partial charge in [-0.25, -0.2) is 9.97 Å². The Bertz CT molecular complexity index is 663. The van der Waals surface area contributed by atoms with Gasteiger partial charge in [-0.15, -0.1) is 0 Å². The number of morpholine rings is 1. The van der Waals surface area contributed by atoms with E-state index in [1.807, 2.05) is 18.2 Å². The Labute approximate surface area is 135 Å². The normalized spacial score (nSPS) is 17.9. The molecule has 120 valence electrons. The molecule has 1 amide bonds. The molecule has 0 bridgehead atoms. The zero-order valence-electron chi connectivity index (χ0n) is 12.9. The first-order chi connectivity index (χ1) is 11.2. The highest BCUT2D eigenvalue weighted by Gasteiger charge is 2.27. The zero-order valence-corrected chi connectivity index (χ0v) is 12.9. The highest BCUT2D eigenvalue weighted by molar-refractivity contribution is 5.96. The fourth-order valence-electron chi connectivity index (χ4n) is 2.71. The van der Waals surface area contributed by atoms with Crippen LogP contribution >= 0.6 is 0 Å². The van der Waals surface area contributed by atoms with Crippen molar-refractivity contribution in [1.82, 2.24) is 14.9 Å². The Morgan fingerprint density at radius 3 is 2.83 bits per heavy atom. The smallest absolute Gasteiger partial charge is 0.276 e. The van der Waals surface area contributed by atoms with E-state index >= 15 is 0 Å². The molecule has 1 atom stereocenters. The molecule has 2 N–H and O–H groups in total. The van der Waals surface area contributed by atoms with Gasteiger partial charge in [-0.2, -0.15) is 0 Å². The molecular weight excluding hydrogens is 292 g/mol. The molecule has 2 aromatic rings. The first-order valence-electron chi connectivity index (χ1n) is 7.75. The number of carbonyl (C=O) groups is 1. The van der Waals surface area contributed by atoms with E-state index in [4.69, 9.17) is 10.5 Å². The van der Waals surface area contributed by atoms with E-state index in [-0.39, 0.29) is 23.5 Å². The third-order valence-corrected chi connectivity index (χ3v) is 3.95. The highest BCUT2D eigenvalue weighted by atomic mass is 16.5. The number of benzene rings is 1. The number of aryl methyl sites for hydroxylation is 1. The Morgan fingerprint density at radius 2 is 2.04 bits per heavy atom. The largest absolute Gasteiger partial charge is 0.382 e. The van der Waals surface area contributed by atoms with Gasteiger partial charge >= 0.3 is 0 Å². The van der Waals surface area contributed by atoms with Gasteiger partial charge in [-0.05, 0) is 18.4 Å². The Hall–Kier alpha value is -2.47. The molecule has 1 saturated heterocycles. The van der Waals surface area contributed by atoms with Crippen LogP contribution in [0.15, 0.2) is 42.7 Å². The molecule has 1 fully saturated rings. The predicted octanol–water partition coefficient (Wildman–Crippen LogP) is 1.53. The topological polar surface area (TPSA) is 81.3 Å². The van der Waals surface area contributed by atoms with Gasteiger partial charge in [0.25, 0.3) is 5.91 Å². The lowest BCUT2D eigenvalue weighted by Crippen LogP contribution is -2.46. The van der Waals surface area contributed by atoms with Crippen LogP contribution < -0.4 is 5.73 Å². The number of aromatic nitrogens is 2. The Kier molecular flexibility index (Phi) is 4.83. The molecule has 1 aliphatic rings. The van der Waals surface area contributed by atoms with Gasteiger partial charge in [-0.3, -0.25) is 4.79 Å². The van der Waals surface area contributed by atoms with Crippen molar-refractivity contribution in [1.29, 1.82) is 0 Å². The second-order valence-electron chi connectivity index (χ2n) is 5.56. The standard InChI is InChI=1S/C17H20N4O2/c18-16-15(19-8-9-20-16)17(22)21-10-11-23-14(12-21)7-6-13-4-2-1-3-5-13/h1-5,8-9,14H,6-7,10-12H2,(H2,18,20)/t14-/m0/s1. The van der Waals surface area contributed by atoms with Crippen LogP contribution in [0.1, 0.15) is 22.5 Å². The summed E-state index contributed by atoms with van der Waals surface area (Å²) in [6.07, 6.45) is 4.81. The number of amides is 1. The molecule has 0 radical (unpaired) electrons. The van der Waals surface area contributed by atoms with Crippen LogP contribution in [-0.2, 0) is 11.2 Å². The second-order valence-corrected chi connectivity index (χ2v) is 5.56. The summed E-state index contributed by atoms with van der Waals surface area (Å²) in [5, 5.41) is 0. The molecule has 6 heteroatoms. The quantitative estimate of drug-likeness (QED) is 0.926. The van der Waals surface area contributed by atoms with Crippen molar-refractivity contribution in [2.45, 2.75) is 18.9 Å². The van der Waals surface area contributed by atoms with E-state index in [0.717, 1.165) is 12.8 Å². The number of nitrogens with zero attached hydrogens (tertiary/aromatic N) is 3. The molecule has 1 aliphatic heterocycles. The van der Waals surface area contributed by atoms with Crippen LogP contribution in [0.4, 0.5) is 5.82 Å². The maximum absolute atomic E-state index is 12.5. The highest BCUT2D eigenvalue weighted by Crippen LogP contribution is 2.15. The molecule has 1 aromatic heterocycles. The minimum atomic E-state index is -0.177. The third kappa shape index (κ3) is 3.84. The van der Waals surface area contributed by atoms with Crippen molar-refractivity contribution in [2.24, 2.45) is 0 Å². The number of anilines is 1. The molecule has 23 heavy (non-hydrogen) atoms. The lowest BCUT2D eigenvalue weighted by molar-refractivity contribution is -0.0247. The minimum absolute atomic E-state index is 0.0332. The summed E-state index contributed by atoms with van der Waals surface area (Å²) in [6.45, 7) is 1.64. The molecule has 0 aliphatic carbocycles. The van der Waals surface area contributed by atoms with Gasteiger partial charge in [0, 0.05) is 25.5 Å². The summed E-state index contributed by atoms with van der Waals surface area (Å²) in [6, 6.07) is 10.3. The lowest BCUT2D eigenvalue weighted by atomic mass is 10.1. The molecule has 6 nitrogen and oxygen atoms in total. The molecule has 3 rings (SSSR count). The van der Waals surface area contributed by atoms with Crippen molar-refractivity contribution >= 4 is 11.7 Å². The molecular formula is C17H20N4O2. The van der Waals surface area contributed by atoms with E-state index in [2.05, 4.69) is 22.1 Å². The summed E-state index contributed by atoms with van der Waals surface area (Å²) in [7, 11) is 0. The van der Waals surface area contributed by atoms with E-state index in [1.54, 1.807) is 4.90 Å². The van der Waals surface area contributed by atoms with Crippen LogP contribution in [0.5, 0.6) is 0 Å². The number of rotatable bonds is 4. The number of carbonyl (C=O) groups excluding carboxylic acids is 1. The number of nitrogen functional groups attached to an aromatic ring is 1. The average Bonchev–Trinajstić information content (AvgIpc) is 2.61. The summed E-state index contributed by atoms with van der Waals surface area (Å²) in [5.74, 6) is -0.00608. The maximum Gasteiger partial charge on any atom is 0.276 e. The van der Waals surface area contributed by atoms with Crippen molar-refractivity contribution in [3.05, 3.63) is 54.0 Å². The van der Waals surface area contributed by atoms with Crippen LogP contribution in [0.3, 0.4) is 0 Å².